The van der Waals surface area contributed by atoms with Crippen molar-refractivity contribution in [3.05, 3.63) is 0 Å². The summed E-state index contributed by atoms with van der Waals surface area (Å²) in [5.74, 6) is 0. The largest absolute Gasteiger partial charge is 0.496 e. The van der Waals surface area contributed by atoms with Gasteiger partial charge in [0, 0.05) is 70.5 Å². The third kappa shape index (κ3) is 46.4. The zero-order chi connectivity index (χ0) is 23.7. The quantitative estimate of drug-likeness (QED) is 0.514. The first-order valence-corrected chi connectivity index (χ1v) is 16.5. The monoisotopic (exact) mass is 456 g/mol. The summed E-state index contributed by atoms with van der Waals surface area (Å²) in [7, 11) is 7.92. The Morgan fingerprint density at radius 1 is 0.407 bits per heavy atom. The van der Waals surface area contributed by atoms with Crippen LogP contribution in [0.25, 0.3) is 0 Å². The fraction of sp³-hybridized carbons (Fsp3) is 1.00. The molecule has 0 aliphatic carbocycles. The molecule has 0 rings (SSSR count). The van der Waals surface area contributed by atoms with Crippen molar-refractivity contribution in [3.63, 3.8) is 0 Å². The molecule has 9 nitrogen and oxygen atoms in total. The second-order valence-electron chi connectivity index (χ2n) is 5.60. The van der Waals surface area contributed by atoms with E-state index < -0.39 is 25.7 Å². The predicted molar refractivity (Wildman–Crippen MR) is 119 cm³/mol. The minimum Gasteiger partial charge on any atom is -0.421 e. The molecule has 0 unspecified atom stereocenters. The normalized spacial score (nSPS) is 10.0. The van der Waals surface area contributed by atoms with Crippen LogP contribution in [0.3, 0.4) is 0 Å². The number of aliphatic hydroxyl groups is 3. The second kappa shape index (κ2) is 28.5. The van der Waals surface area contributed by atoms with E-state index in [1.807, 2.05) is 19.6 Å². The van der Waals surface area contributed by atoms with Gasteiger partial charge in [0.15, 0.2) is 8.32 Å². The standard InChI is InChI=1S/C4H12O3Si.C4H12O2Si.C4H12OSi.3CH4O/c1-5-8(4,6-2)7-3;1-5-7(3,4)6-2;1-5-6(2,3)4;3*1-2/h1-4H3;1-4H3;1-4H3;3*2H,1H3. The molecule has 0 radical (unpaired) electrons. The zero-order valence-electron chi connectivity index (χ0n) is 20.3. The average Bonchev–Trinajstić information content (AvgIpc) is 2.72. The lowest BCUT2D eigenvalue weighted by atomic mass is 11.8. The molecule has 0 saturated carbocycles. The first kappa shape index (κ1) is 41.6. The molecule has 0 aliphatic rings. The van der Waals surface area contributed by atoms with Crippen LogP contribution in [-0.4, -0.2) is 105 Å². The van der Waals surface area contributed by atoms with Gasteiger partial charge < -0.3 is 41.9 Å². The number of hydrogen-bond donors (Lipinski definition) is 3. The lowest BCUT2D eigenvalue weighted by Gasteiger charge is -2.18. The maximum atomic E-state index is 7.00. The van der Waals surface area contributed by atoms with Crippen molar-refractivity contribution in [2.45, 2.75) is 39.3 Å². The maximum Gasteiger partial charge on any atom is 0.496 e. The summed E-state index contributed by atoms with van der Waals surface area (Å²) in [6, 6.07) is 0. The molecule has 0 aromatic heterocycles. The number of aliphatic hydroxyl groups excluding tert-OH is 3. The highest BCUT2D eigenvalue weighted by atomic mass is 28.4. The summed E-state index contributed by atoms with van der Waals surface area (Å²) < 4.78 is 29.9. The molecule has 0 aromatic rings. The molecule has 0 aromatic carbocycles. The van der Waals surface area contributed by atoms with Gasteiger partial charge in [-0.05, 0) is 32.7 Å². The smallest absolute Gasteiger partial charge is 0.421 e. The molecule has 0 bridgehead atoms. The lowest BCUT2D eigenvalue weighted by Crippen LogP contribution is -2.38. The van der Waals surface area contributed by atoms with Gasteiger partial charge in [0.05, 0.1) is 0 Å². The lowest BCUT2D eigenvalue weighted by molar-refractivity contribution is 0.132. The topological polar surface area (TPSA) is 116 Å². The van der Waals surface area contributed by atoms with Crippen LogP contribution in [0.4, 0.5) is 0 Å². The molecule has 0 saturated heterocycles. The Bertz CT molecular complexity index is 223. The van der Waals surface area contributed by atoms with Gasteiger partial charge in [-0.25, -0.2) is 0 Å². The highest BCUT2D eigenvalue weighted by molar-refractivity contribution is 6.69. The van der Waals surface area contributed by atoms with Crippen molar-refractivity contribution in [1.29, 1.82) is 0 Å². The van der Waals surface area contributed by atoms with E-state index in [0.717, 1.165) is 21.3 Å². The van der Waals surface area contributed by atoms with Crippen molar-refractivity contribution in [1.82, 2.24) is 0 Å². The minimum atomic E-state index is -2.17. The van der Waals surface area contributed by atoms with Gasteiger partial charge in [0.1, 0.15) is 0 Å². The van der Waals surface area contributed by atoms with Crippen molar-refractivity contribution in [2.24, 2.45) is 0 Å². The Kier molecular flexibility index (Phi) is 43.9. The Morgan fingerprint density at radius 3 is 0.593 bits per heavy atom. The van der Waals surface area contributed by atoms with E-state index in [1.165, 1.54) is 0 Å². The summed E-state index contributed by atoms with van der Waals surface area (Å²) in [5.41, 5.74) is 0. The van der Waals surface area contributed by atoms with Crippen LogP contribution < -0.4 is 0 Å². The minimum absolute atomic E-state index is 1.00. The van der Waals surface area contributed by atoms with Gasteiger partial charge in [0.2, 0.25) is 0 Å². The van der Waals surface area contributed by atoms with Gasteiger partial charge in [-0.2, -0.15) is 0 Å². The summed E-state index contributed by atoms with van der Waals surface area (Å²) in [6.07, 6.45) is 0. The van der Waals surface area contributed by atoms with Gasteiger partial charge in [-0.3, -0.25) is 0 Å². The zero-order valence-corrected chi connectivity index (χ0v) is 23.3. The fourth-order valence-corrected chi connectivity index (χ4v) is 1.00. The molecule has 27 heavy (non-hydrogen) atoms. The summed E-state index contributed by atoms with van der Waals surface area (Å²) in [4.78, 5) is 0. The second-order valence-corrected chi connectivity index (χ2v) is 16.8. The average molecular weight is 457 g/mol. The fourth-order valence-electron chi connectivity index (χ4n) is 0.333. The highest BCUT2D eigenvalue weighted by Gasteiger charge is 2.29. The van der Waals surface area contributed by atoms with E-state index in [0.29, 0.717) is 0 Å². The Labute approximate surface area is 171 Å². The summed E-state index contributed by atoms with van der Waals surface area (Å²) in [6.45, 7) is 12.3. The molecule has 0 spiro atoms. The molecular weight excluding hydrogens is 408 g/mol. The molecule has 174 valence electrons. The predicted octanol–water partition coefficient (Wildman–Crippen LogP) is 1.77. The summed E-state index contributed by atoms with van der Waals surface area (Å²) >= 11 is 0. The molecule has 12 heteroatoms. The molecule has 0 amide bonds. The maximum absolute atomic E-state index is 7.00. The van der Waals surface area contributed by atoms with Gasteiger partial charge in [-0.15, -0.1) is 0 Å². The van der Waals surface area contributed by atoms with Gasteiger partial charge in [-0.1, -0.05) is 0 Å². The van der Waals surface area contributed by atoms with Gasteiger partial charge in [0.25, 0.3) is 0 Å². The van der Waals surface area contributed by atoms with Crippen molar-refractivity contribution in [3.8, 4) is 0 Å². The van der Waals surface area contributed by atoms with Crippen LogP contribution in [0.2, 0.25) is 39.3 Å². The van der Waals surface area contributed by atoms with Gasteiger partial charge >= 0.3 is 17.4 Å². The Morgan fingerprint density at radius 2 is 0.593 bits per heavy atom. The molecule has 0 fully saturated rings. The first-order valence-electron chi connectivity index (χ1n) is 8.02. The van der Waals surface area contributed by atoms with Crippen molar-refractivity contribution >= 4 is 25.7 Å². The van der Waals surface area contributed by atoms with Crippen LogP contribution in [0, 0.1) is 0 Å². The van der Waals surface area contributed by atoms with Crippen molar-refractivity contribution < 1.29 is 41.9 Å². The molecular formula is C15H48O9Si3. The Hall–Kier alpha value is 0.291. The van der Waals surface area contributed by atoms with E-state index in [2.05, 4.69) is 19.6 Å². The molecule has 3 N–H and O–H groups in total. The van der Waals surface area contributed by atoms with Crippen LogP contribution >= 0.6 is 0 Å². The van der Waals surface area contributed by atoms with E-state index in [1.54, 1.807) is 42.7 Å². The number of hydrogen-bond acceptors (Lipinski definition) is 9. The summed E-state index contributed by atoms with van der Waals surface area (Å²) in [5, 5.41) is 21.0. The molecule has 0 heterocycles. The third-order valence-electron chi connectivity index (χ3n) is 2.71. The van der Waals surface area contributed by atoms with E-state index in [9.17, 15) is 0 Å². The van der Waals surface area contributed by atoms with Crippen molar-refractivity contribution in [2.75, 3.05) is 64.0 Å². The van der Waals surface area contributed by atoms with E-state index >= 15 is 0 Å². The van der Waals surface area contributed by atoms with Crippen LogP contribution in [0.1, 0.15) is 0 Å². The van der Waals surface area contributed by atoms with Crippen LogP contribution in [0.5, 0.6) is 0 Å². The SMILES string of the molecule is CO.CO.CO.CO[Si](C)(C)C.CO[Si](C)(C)OC.CO[Si](C)(OC)OC. The van der Waals surface area contributed by atoms with E-state index in [-0.39, 0.29) is 0 Å². The van der Waals surface area contributed by atoms with E-state index in [4.69, 9.17) is 41.9 Å². The molecule has 0 aliphatic heterocycles. The number of rotatable bonds is 6. The molecule has 0 atom stereocenters. The van der Waals surface area contributed by atoms with Crippen LogP contribution in [-0.2, 0) is 26.6 Å². The third-order valence-corrected chi connectivity index (χ3v) is 8.12. The Balaban J connectivity index is -0.0000000539. The highest BCUT2D eigenvalue weighted by Crippen LogP contribution is 2.02. The first-order chi connectivity index (χ1) is 12.4. The van der Waals surface area contributed by atoms with Crippen LogP contribution in [0.15, 0.2) is 0 Å².